The maximum Gasteiger partial charge on any atom is 0.248 e. The molecule has 5 rings (SSSR count). The van der Waals surface area contributed by atoms with Crippen molar-refractivity contribution in [2.24, 2.45) is 0 Å². The average Bonchev–Trinajstić information content (AvgIpc) is 3.54. The molecule has 0 spiro atoms. The fraction of sp³-hybridized carbons (Fsp3) is 0.172. The summed E-state index contributed by atoms with van der Waals surface area (Å²) in [5.74, 6) is 1.80. The van der Waals surface area contributed by atoms with Crippen molar-refractivity contribution in [3.63, 3.8) is 0 Å². The van der Waals surface area contributed by atoms with Crippen LogP contribution < -0.4 is 0 Å². The first-order valence-electron chi connectivity index (χ1n) is 11.4. The van der Waals surface area contributed by atoms with Crippen molar-refractivity contribution < 1.29 is 8.83 Å². The minimum atomic E-state index is 0.0818. The summed E-state index contributed by atoms with van der Waals surface area (Å²) in [6.07, 6.45) is 1.75. The second-order valence-electron chi connectivity index (χ2n) is 9.52. The monoisotopic (exact) mass is 462 g/mol. The Morgan fingerprint density at radius 1 is 0.657 bits per heavy atom. The molecule has 6 heteroatoms. The first-order chi connectivity index (χ1) is 16.8. The molecular weight excluding hydrogens is 436 g/mol. The van der Waals surface area contributed by atoms with Crippen molar-refractivity contribution >= 4 is 6.08 Å². The molecule has 0 aliphatic heterocycles. The smallest absolute Gasteiger partial charge is 0.248 e. The van der Waals surface area contributed by atoms with E-state index in [1.807, 2.05) is 61.5 Å². The van der Waals surface area contributed by atoms with E-state index in [1.165, 1.54) is 11.1 Å². The molecule has 0 aliphatic carbocycles. The molecule has 0 N–H and O–H groups in total. The van der Waals surface area contributed by atoms with Crippen molar-refractivity contribution in [2.75, 3.05) is 0 Å². The van der Waals surface area contributed by atoms with E-state index < -0.39 is 0 Å². The summed E-state index contributed by atoms with van der Waals surface area (Å²) in [5, 5.41) is 17.0. The molecule has 2 aromatic heterocycles. The van der Waals surface area contributed by atoms with E-state index in [2.05, 4.69) is 59.9 Å². The molecule has 3 aromatic carbocycles. The Balaban J connectivity index is 1.42. The molecule has 0 bridgehead atoms. The van der Waals surface area contributed by atoms with E-state index in [-0.39, 0.29) is 5.41 Å². The lowest BCUT2D eigenvalue weighted by Crippen LogP contribution is -2.10. The van der Waals surface area contributed by atoms with Crippen LogP contribution in [0.3, 0.4) is 0 Å². The van der Waals surface area contributed by atoms with Crippen LogP contribution in [0.5, 0.6) is 0 Å². The maximum atomic E-state index is 6.02. The van der Waals surface area contributed by atoms with Gasteiger partial charge in [-0.15, -0.1) is 20.4 Å². The van der Waals surface area contributed by atoms with Gasteiger partial charge in [-0.1, -0.05) is 63.3 Å². The van der Waals surface area contributed by atoms with Crippen LogP contribution in [0, 0.1) is 6.92 Å². The second kappa shape index (κ2) is 8.80. The third-order valence-corrected chi connectivity index (χ3v) is 5.90. The van der Waals surface area contributed by atoms with Crippen LogP contribution in [-0.4, -0.2) is 20.4 Å². The highest BCUT2D eigenvalue weighted by Crippen LogP contribution is 2.32. The molecule has 0 amide bonds. The molecule has 35 heavy (non-hydrogen) atoms. The highest BCUT2D eigenvalue weighted by molar-refractivity contribution is 5.74. The van der Waals surface area contributed by atoms with Crippen molar-refractivity contribution in [2.45, 2.75) is 33.1 Å². The number of aryl methyl sites for hydroxylation is 1. The van der Waals surface area contributed by atoms with Gasteiger partial charge in [0.25, 0.3) is 0 Å². The van der Waals surface area contributed by atoms with Crippen LogP contribution in [0.25, 0.3) is 51.9 Å². The van der Waals surface area contributed by atoms with Gasteiger partial charge in [0.2, 0.25) is 23.6 Å². The third kappa shape index (κ3) is 4.55. The highest BCUT2D eigenvalue weighted by Gasteiger charge is 2.18. The summed E-state index contributed by atoms with van der Waals surface area (Å²) in [6, 6.07) is 21.9. The molecule has 0 radical (unpaired) electrons. The molecule has 6 nitrogen and oxygen atoms in total. The zero-order valence-electron chi connectivity index (χ0n) is 20.2. The standard InChI is InChI=1S/C29H26N4O2/c1-6-19-17-22(27-32-30-25(34-27)20-9-7-18(2)8-10-20)13-16-24(19)28-33-31-26(35-28)21-11-14-23(15-12-21)29(3,4)5/h6-17H,1H2,2-5H3. The van der Waals surface area contributed by atoms with Gasteiger partial charge in [0.15, 0.2) is 0 Å². The maximum absolute atomic E-state index is 6.02. The highest BCUT2D eigenvalue weighted by atomic mass is 16.4. The summed E-state index contributed by atoms with van der Waals surface area (Å²) in [5.41, 5.74) is 6.66. The van der Waals surface area contributed by atoms with Gasteiger partial charge >= 0.3 is 0 Å². The lowest BCUT2D eigenvalue weighted by Gasteiger charge is -2.18. The molecule has 2 heterocycles. The minimum Gasteiger partial charge on any atom is -0.416 e. The van der Waals surface area contributed by atoms with Crippen LogP contribution in [0.4, 0.5) is 0 Å². The minimum absolute atomic E-state index is 0.0818. The molecule has 174 valence electrons. The first kappa shape index (κ1) is 22.5. The largest absolute Gasteiger partial charge is 0.416 e. The van der Waals surface area contributed by atoms with Crippen LogP contribution in [0.2, 0.25) is 0 Å². The summed E-state index contributed by atoms with van der Waals surface area (Å²) in [6.45, 7) is 12.5. The zero-order valence-corrected chi connectivity index (χ0v) is 20.2. The normalized spacial score (nSPS) is 11.5. The molecule has 0 saturated carbocycles. The van der Waals surface area contributed by atoms with E-state index in [0.29, 0.717) is 23.6 Å². The van der Waals surface area contributed by atoms with Gasteiger partial charge in [0.1, 0.15) is 0 Å². The molecule has 0 aliphatic rings. The van der Waals surface area contributed by atoms with Crippen LogP contribution in [-0.2, 0) is 5.41 Å². The van der Waals surface area contributed by atoms with Gasteiger partial charge in [-0.05, 0) is 65.9 Å². The topological polar surface area (TPSA) is 77.8 Å². The van der Waals surface area contributed by atoms with Crippen LogP contribution in [0.15, 0.2) is 82.1 Å². The van der Waals surface area contributed by atoms with Gasteiger partial charge in [-0.3, -0.25) is 0 Å². The zero-order chi connectivity index (χ0) is 24.6. The molecular formula is C29H26N4O2. The Morgan fingerprint density at radius 3 is 1.71 bits per heavy atom. The Morgan fingerprint density at radius 2 is 1.14 bits per heavy atom. The number of benzene rings is 3. The van der Waals surface area contributed by atoms with E-state index >= 15 is 0 Å². The number of hydrogen-bond donors (Lipinski definition) is 0. The van der Waals surface area contributed by atoms with Crippen LogP contribution in [0.1, 0.15) is 37.5 Å². The summed E-state index contributed by atoms with van der Waals surface area (Å²) >= 11 is 0. The van der Waals surface area contributed by atoms with Crippen LogP contribution >= 0.6 is 0 Å². The van der Waals surface area contributed by atoms with E-state index in [4.69, 9.17) is 8.83 Å². The third-order valence-electron chi connectivity index (χ3n) is 5.90. The van der Waals surface area contributed by atoms with Crippen molar-refractivity contribution in [3.8, 4) is 45.8 Å². The fourth-order valence-electron chi connectivity index (χ4n) is 3.77. The molecule has 0 saturated heterocycles. The summed E-state index contributed by atoms with van der Waals surface area (Å²) in [4.78, 5) is 0. The summed E-state index contributed by atoms with van der Waals surface area (Å²) < 4.78 is 11.9. The van der Waals surface area contributed by atoms with E-state index in [9.17, 15) is 0 Å². The molecule has 0 unspecified atom stereocenters. The molecule has 5 aromatic rings. The molecule has 0 fully saturated rings. The summed E-state index contributed by atoms with van der Waals surface area (Å²) in [7, 11) is 0. The van der Waals surface area contributed by atoms with Gasteiger partial charge in [0.05, 0.1) is 0 Å². The van der Waals surface area contributed by atoms with Crippen molar-refractivity contribution in [3.05, 3.63) is 90.0 Å². The van der Waals surface area contributed by atoms with Crippen molar-refractivity contribution in [1.29, 1.82) is 0 Å². The number of rotatable bonds is 5. The van der Waals surface area contributed by atoms with E-state index in [1.54, 1.807) is 6.08 Å². The quantitative estimate of drug-likeness (QED) is 0.271. The predicted molar refractivity (Wildman–Crippen MR) is 137 cm³/mol. The lowest BCUT2D eigenvalue weighted by molar-refractivity contribution is 0.581. The van der Waals surface area contributed by atoms with Gasteiger partial charge in [-0.2, -0.15) is 0 Å². The molecule has 0 atom stereocenters. The lowest BCUT2D eigenvalue weighted by atomic mass is 9.87. The number of hydrogen-bond acceptors (Lipinski definition) is 6. The fourth-order valence-corrected chi connectivity index (χ4v) is 3.77. The van der Waals surface area contributed by atoms with E-state index in [0.717, 1.165) is 27.8 Å². The Hall–Kier alpha value is -4.32. The first-order valence-corrected chi connectivity index (χ1v) is 11.4. The average molecular weight is 463 g/mol. The van der Waals surface area contributed by atoms with Gasteiger partial charge in [-0.25, -0.2) is 0 Å². The van der Waals surface area contributed by atoms with Crippen molar-refractivity contribution in [1.82, 2.24) is 20.4 Å². The second-order valence-corrected chi connectivity index (χ2v) is 9.52. The Labute approximate surface area is 204 Å². The number of nitrogens with zero attached hydrogens (tertiary/aromatic N) is 4. The van der Waals surface area contributed by atoms with Gasteiger partial charge in [0, 0.05) is 22.3 Å². The number of aromatic nitrogens is 4. The predicted octanol–water partition coefficient (Wildman–Crippen LogP) is 7.37. The van der Waals surface area contributed by atoms with Gasteiger partial charge < -0.3 is 8.83 Å². The SMILES string of the molecule is C=Cc1cc(-c2nnc(-c3ccc(C)cc3)o2)ccc1-c1nnc(-c2ccc(C(C)(C)C)cc2)o1. The Bertz CT molecular complexity index is 1490. The Kier molecular flexibility index (Phi) is 5.65.